The molecule has 0 amide bonds. The Labute approximate surface area is 98.9 Å². The highest BCUT2D eigenvalue weighted by atomic mass is 32.2. The first-order chi connectivity index (χ1) is 7.99. The zero-order valence-corrected chi connectivity index (χ0v) is 9.95. The number of rotatable bonds is 3. The van der Waals surface area contributed by atoms with Crippen LogP contribution in [0.1, 0.15) is 5.82 Å². The highest BCUT2D eigenvalue weighted by Crippen LogP contribution is 2.20. The van der Waals surface area contributed by atoms with Crippen molar-refractivity contribution in [1.82, 2.24) is 9.97 Å². The fourth-order valence-corrected chi connectivity index (χ4v) is 2.38. The molecule has 1 aromatic carbocycles. The number of nitrogen functional groups attached to an aromatic ring is 1. The number of para-hydroxylation sites is 2. The maximum absolute atomic E-state index is 11.9. The van der Waals surface area contributed by atoms with Gasteiger partial charge in [-0.2, -0.15) is 8.42 Å². The van der Waals surface area contributed by atoms with Crippen molar-refractivity contribution in [3.05, 3.63) is 36.3 Å². The second-order valence-electron chi connectivity index (χ2n) is 3.53. The number of sulfonamides is 1. The van der Waals surface area contributed by atoms with E-state index >= 15 is 0 Å². The minimum absolute atomic E-state index is 0.0123. The third kappa shape index (κ3) is 2.39. The molecule has 4 N–H and O–H groups in total. The van der Waals surface area contributed by atoms with Crippen molar-refractivity contribution in [1.29, 1.82) is 0 Å². The Bertz CT molecular complexity index is 633. The molecule has 2 rings (SSSR count). The van der Waals surface area contributed by atoms with Crippen LogP contribution >= 0.6 is 0 Å². The molecular weight excluding hydrogens is 240 g/mol. The summed E-state index contributed by atoms with van der Waals surface area (Å²) in [6.07, 6.45) is 1.26. The van der Waals surface area contributed by atoms with Crippen LogP contribution in [0.4, 0.5) is 11.4 Å². The smallest absolute Gasteiger partial charge is 0.279 e. The zero-order valence-electron chi connectivity index (χ0n) is 9.14. The van der Waals surface area contributed by atoms with Gasteiger partial charge in [-0.25, -0.2) is 4.98 Å². The van der Waals surface area contributed by atoms with Crippen molar-refractivity contribution in [3.63, 3.8) is 0 Å². The molecular formula is C10H12N4O2S. The number of aromatic nitrogens is 2. The van der Waals surface area contributed by atoms with Gasteiger partial charge in [0.1, 0.15) is 5.82 Å². The number of benzene rings is 1. The number of aromatic amines is 1. The van der Waals surface area contributed by atoms with E-state index in [4.69, 9.17) is 5.73 Å². The first-order valence-electron chi connectivity index (χ1n) is 4.88. The Hall–Kier alpha value is -2.02. The summed E-state index contributed by atoms with van der Waals surface area (Å²) in [5.41, 5.74) is 6.37. The molecule has 17 heavy (non-hydrogen) atoms. The molecule has 0 aliphatic rings. The number of hydrogen-bond donors (Lipinski definition) is 3. The predicted molar refractivity (Wildman–Crippen MR) is 65.0 cm³/mol. The number of nitrogens with two attached hydrogens (primary N) is 1. The van der Waals surface area contributed by atoms with Crippen molar-refractivity contribution < 1.29 is 8.42 Å². The second kappa shape index (κ2) is 4.10. The Morgan fingerprint density at radius 1 is 1.35 bits per heavy atom. The van der Waals surface area contributed by atoms with Crippen LogP contribution in [0.2, 0.25) is 0 Å². The van der Waals surface area contributed by atoms with Gasteiger partial charge in [0, 0.05) is 0 Å². The molecule has 0 radical (unpaired) electrons. The largest absolute Gasteiger partial charge is 0.397 e. The molecule has 2 aromatic rings. The molecule has 0 spiro atoms. The number of hydrogen-bond acceptors (Lipinski definition) is 4. The summed E-state index contributed by atoms with van der Waals surface area (Å²) in [5.74, 6) is 0.534. The molecule has 1 heterocycles. The van der Waals surface area contributed by atoms with Gasteiger partial charge in [0.05, 0.1) is 17.6 Å². The van der Waals surface area contributed by atoms with E-state index in [1.807, 2.05) is 0 Å². The lowest BCUT2D eigenvalue weighted by molar-refractivity contribution is 0.598. The van der Waals surface area contributed by atoms with Crippen molar-refractivity contribution in [2.45, 2.75) is 11.9 Å². The summed E-state index contributed by atoms with van der Waals surface area (Å²) in [6, 6.07) is 6.64. The van der Waals surface area contributed by atoms with Gasteiger partial charge in [0.25, 0.3) is 10.0 Å². The third-order valence-electron chi connectivity index (χ3n) is 2.17. The van der Waals surface area contributed by atoms with Crippen LogP contribution in [0.5, 0.6) is 0 Å². The lowest BCUT2D eigenvalue weighted by Crippen LogP contribution is -2.14. The summed E-state index contributed by atoms with van der Waals surface area (Å²) < 4.78 is 26.3. The van der Waals surface area contributed by atoms with E-state index in [2.05, 4.69) is 14.7 Å². The van der Waals surface area contributed by atoms with Crippen molar-refractivity contribution >= 4 is 21.4 Å². The molecule has 1 aromatic heterocycles. The number of H-pyrrole nitrogens is 1. The molecule has 0 aliphatic heterocycles. The molecule has 0 saturated carbocycles. The van der Waals surface area contributed by atoms with E-state index in [-0.39, 0.29) is 5.03 Å². The number of nitrogens with zero attached hydrogens (tertiary/aromatic N) is 1. The highest BCUT2D eigenvalue weighted by molar-refractivity contribution is 7.92. The third-order valence-corrected chi connectivity index (χ3v) is 3.45. The zero-order chi connectivity index (χ0) is 12.5. The van der Waals surface area contributed by atoms with Gasteiger partial charge in [0.2, 0.25) is 0 Å². The first kappa shape index (κ1) is 11.5. The average molecular weight is 252 g/mol. The van der Waals surface area contributed by atoms with E-state index in [1.54, 1.807) is 31.2 Å². The number of aryl methyl sites for hydroxylation is 1. The standard InChI is InChI=1S/C10H12N4O2S/c1-7-12-6-10(13-7)17(15,16)14-9-5-3-2-4-8(9)11/h2-6,14H,11H2,1H3,(H,12,13). The summed E-state index contributed by atoms with van der Waals surface area (Å²) in [5, 5.41) is 0.0123. The summed E-state index contributed by atoms with van der Waals surface area (Å²) >= 11 is 0. The van der Waals surface area contributed by atoms with Gasteiger partial charge in [-0.1, -0.05) is 12.1 Å². The van der Waals surface area contributed by atoms with E-state index in [9.17, 15) is 8.42 Å². The molecule has 0 atom stereocenters. The lowest BCUT2D eigenvalue weighted by atomic mass is 10.3. The Balaban J connectivity index is 2.33. The van der Waals surface area contributed by atoms with Gasteiger partial charge in [-0.15, -0.1) is 0 Å². The molecule has 6 nitrogen and oxygen atoms in total. The Morgan fingerprint density at radius 3 is 2.65 bits per heavy atom. The van der Waals surface area contributed by atoms with Crippen molar-refractivity contribution in [2.24, 2.45) is 0 Å². The maximum atomic E-state index is 11.9. The average Bonchev–Trinajstić information content (AvgIpc) is 2.69. The van der Waals surface area contributed by atoms with Crippen LogP contribution in [0.3, 0.4) is 0 Å². The lowest BCUT2D eigenvalue weighted by Gasteiger charge is -2.08. The Kier molecular flexibility index (Phi) is 2.76. The van der Waals surface area contributed by atoms with E-state index in [1.165, 1.54) is 6.20 Å². The fraction of sp³-hybridized carbons (Fsp3) is 0.100. The summed E-state index contributed by atoms with van der Waals surface area (Å²) in [6.45, 7) is 1.68. The fourth-order valence-electron chi connectivity index (χ4n) is 1.32. The maximum Gasteiger partial charge on any atom is 0.279 e. The van der Waals surface area contributed by atoms with Crippen LogP contribution < -0.4 is 10.5 Å². The van der Waals surface area contributed by atoms with E-state index in [0.717, 1.165) is 0 Å². The molecule has 0 unspecified atom stereocenters. The van der Waals surface area contributed by atoms with Crippen LogP contribution in [0, 0.1) is 6.92 Å². The molecule has 90 valence electrons. The van der Waals surface area contributed by atoms with Gasteiger partial charge in [-0.05, 0) is 19.1 Å². The first-order valence-corrected chi connectivity index (χ1v) is 6.36. The van der Waals surface area contributed by atoms with Gasteiger partial charge < -0.3 is 10.7 Å². The minimum Gasteiger partial charge on any atom is -0.397 e. The van der Waals surface area contributed by atoms with Crippen LogP contribution in [0.25, 0.3) is 0 Å². The van der Waals surface area contributed by atoms with Crippen LogP contribution in [-0.2, 0) is 10.0 Å². The van der Waals surface area contributed by atoms with Gasteiger partial charge in [0.15, 0.2) is 5.03 Å². The Morgan fingerprint density at radius 2 is 2.06 bits per heavy atom. The quantitative estimate of drug-likeness (QED) is 0.712. The van der Waals surface area contributed by atoms with Crippen LogP contribution in [0.15, 0.2) is 35.5 Å². The number of nitrogens with one attached hydrogen (secondary N) is 2. The minimum atomic E-state index is -3.66. The highest BCUT2D eigenvalue weighted by Gasteiger charge is 2.17. The van der Waals surface area contributed by atoms with Crippen molar-refractivity contribution in [2.75, 3.05) is 10.5 Å². The summed E-state index contributed by atoms with van der Waals surface area (Å²) in [4.78, 5) is 6.49. The van der Waals surface area contributed by atoms with Gasteiger partial charge >= 0.3 is 0 Å². The number of imidazole rings is 1. The molecule has 0 bridgehead atoms. The van der Waals surface area contributed by atoms with Gasteiger partial charge in [-0.3, -0.25) is 4.72 Å². The summed E-state index contributed by atoms with van der Waals surface area (Å²) in [7, 11) is -3.66. The topological polar surface area (TPSA) is 101 Å². The SMILES string of the molecule is Cc1ncc(S(=O)(=O)Nc2ccccc2N)[nH]1. The monoisotopic (exact) mass is 252 g/mol. The van der Waals surface area contributed by atoms with E-state index < -0.39 is 10.0 Å². The predicted octanol–water partition coefficient (Wildman–Crippen LogP) is 1.10. The normalized spacial score (nSPS) is 11.4. The molecule has 0 aliphatic carbocycles. The molecule has 0 fully saturated rings. The number of anilines is 2. The molecule has 0 saturated heterocycles. The van der Waals surface area contributed by atoms with Crippen molar-refractivity contribution in [3.8, 4) is 0 Å². The molecule has 7 heteroatoms. The van der Waals surface area contributed by atoms with Crippen LogP contribution in [-0.4, -0.2) is 18.4 Å². The van der Waals surface area contributed by atoms with E-state index in [0.29, 0.717) is 17.2 Å². The second-order valence-corrected chi connectivity index (χ2v) is 5.18.